The van der Waals surface area contributed by atoms with Crippen molar-refractivity contribution in [1.29, 1.82) is 0 Å². The molecule has 2 bridgehead atoms. The zero-order valence-electron chi connectivity index (χ0n) is 17.6. The Balaban J connectivity index is 1.30. The predicted octanol–water partition coefficient (Wildman–Crippen LogP) is 1.70. The van der Waals surface area contributed by atoms with Crippen LogP contribution in [0, 0.1) is 23.7 Å². The van der Waals surface area contributed by atoms with Crippen LogP contribution >= 0.6 is 0 Å². The van der Waals surface area contributed by atoms with Gasteiger partial charge in [0.15, 0.2) is 5.96 Å². The quantitative estimate of drug-likeness (QED) is 0.295. The van der Waals surface area contributed by atoms with Crippen LogP contribution in [0.2, 0.25) is 0 Å². The lowest BCUT2D eigenvalue weighted by Gasteiger charge is -2.18. The summed E-state index contributed by atoms with van der Waals surface area (Å²) in [5.41, 5.74) is 2.23. The molecule has 4 unspecified atom stereocenters. The van der Waals surface area contributed by atoms with Crippen molar-refractivity contribution in [3.05, 3.63) is 47.5 Å². The highest BCUT2D eigenvalue weighted by molar-refractivity contribution is 6.06. The van der Waals surface area contributed by atoms with Gasteiger partial charge in [-0.2, -0.15) is 0 Å². The highest BCUT2D eigenvalue weighted by Gasteiger charge is 2.58. The largest absolute Gasteiger partial charge is 0.380 e. The van der Waals surface area contributed by atoms with Gasteiger partial charge < -0.3 is 15.4 Å². The Labute approximate surface area is 177 Å². The summed E-state index contributed by atoms with van der Waals surface area (Å²) in [6.07, 6.45) is 5.20. The van der Waals surface area contributed by atoms with Crippen LogP contribution in [0.5, 0.6) is 0 Å². The SMILES string of the molecule is CCNC(=NCc1ccc(COC)cc1)NCCN1C(=O)C2C3C=CC(C3)C2C1=O. The third kappa shape index (κ3) is 3.99. The van der Waals surface area contributed by atoms with Gasteiger partial charge in [-0.15, -0.1) is 0 Å². The molecule has 7 nitrogen and oxygen atoms in total. The number of nitrogens with zero attached hydrogens (tertiary/aromatic N) is 2. The number of carbonyl (C=O) groups excluding carboxylic acids is 2. The highest BCUT2D eigenvalue weighted by Crippen LogP contribution is 2.52. The average molecular weight is 411 g/mol. The van der Waals surface area contributed by atoms with Gasteiger partial charge in [-0.1, -0.05) is 36.4 Å². The van der Waals surface area contributed by atoms with Gasteiger partial charge >= 0.3 is 0 Å². The minimum atomic E-state index is -0.129. The van der Waals surface area contributed by atoms with Crippen LogP contribution in [0.4, 0.5) is 0 Å². The van der Waals surface area contributed by atoms with E-state index in [9.17, 15) is 9.59 Å². The minimum absolute atomic E-state index is 0.00161. The summed E-state index contributed by atoms with van der Waals surface area (Å²) in [6, 6.07) is 8.17. The van der Waals surface area contributed by atoms with Crippen molar-refractivity contribution < 1.29 is 14.3 Å². The van der Waals surface area contributed by atoms with Crippen molar-refractivity contribution in [2.24, 2.45) is 28.7 Å². The first kappa shape index (κ1) is 20.6. The summed E-state index contributed by atoms with van der Waals surface area (Å²) in [5.74, 6) is 0.932. The first-order valence-corrected chi connectivity index (χ1v) is 10.7. The predicted molar refractivity (Wildman–Crippen MR) is 114 cm³/mol. The topological polar surface area (TPSA) is 83.0 Å². The van der Waals surface area contributed by atoms with E-state index in [1.165, 1.54) is 4.90 Å². The Hall–Kier alpha value is -2.67. The summed E-state index contributed by atoms with van der Waals surface area (Å²) in [4.78, 5) is 31.6. The number of guanidine groups is 1. The number of imide groups is 1. The summed E-state index contributed by atoms with van der Waals surface area (Å²) >= 11 is 0. The maximum atomic E-state index is 12.8. The highest BCUT2D eigenvalue weighted by atomic mass is 16.5. The number of rotatable bonds is 8. The third-order valence-electron chi connectivity index (χ3n) is 6.29. The van der Waals surface area contributed by atoms with Crippen molar-refractivity contribution in [3.8, 4) is 0 Å². The van der Waals surface area contributed by atoms with Crippen LogP contribution in [0.15, 0.2) is 41.4 Å². The monoisotopic (exact) mass is 410 g/mol. The van der Waals surface area contributed by atoms with Gasteiger partial charge in [0, 0.05) is 26.7 Å². The second kappa shape index (κ2) is 9.00. The van der Waals surface area contributed by atoms with Crippen LogP contribution in [-0.2, 0) is 27.5 Å². The molecule has 1 saturated heterocycles. The van der Waals surface area contributed by atoms with E-state index in [4.69, 9.17) is 4.74 Å². The number of aliphatic imine (C=N–C) groups is 1. The van der Waals surface area contributed by atoms with E-state index in [2.05, 4.69) is 27.8 Å². The van der Waals surface area contributed by atoms with Gasteiger partial charge in [0.05, 0.1) is 25.0 Å². The van der Waals surface area contributed by atoms with E-state index in [0.717, 1.165) is 24.1 Å². The molecule has 0 aromatic heterocycles. The lowest BCUT2D eigenvalue weighted by molar-refractivity contribution is -0.140. The van der Waals surface area contributed by atoms with Crippen molar-refractivity contribution in [2.75, 3.05) is 26.7 Å². The maximum absolute atomic E-state index is 12.8. The summed E-state index contributed by atoms with van der Waals surface area (Å²) in [6.45, 7) is 4.75. The molecule has 0 radical (unpaired) electrons. The van der Waals surface area contributed by atoms with Crippen molar-refractivity contribution >= 4 is 17.8 Å². The standard InChI is InChI=1S/C23H30N4O3/c1-3-24-23(26-13-15-4-6-16(7-5-15)14-30-2)25-10-11-27-21(28)19-17-8-9-18(12-17)20(19)22(27)29/h4-9,17-20H,3,10-14H2,1-2H3,(H2,24,25,26). The molecule has 1 heterocycles. The van der Waals surface area contributed by atoms with Crippen molar-refractivity contribution in [2.45, 2.75) is 26.5 Å². The minimum Gasteiger partial charge on any atom is -0.380 e. The fourth-order valence-electron chi connectivity index (χ4n) is 4.89. The Kier molecular flexibility index (Phi) is 6.18. The first-order chi connectivity index (χ1) is 14.6. The van der Waals surface area contributed by atoms with Crippen LogP contribution < -0.4 is 10.6 Å². The fourth-order valence-corrected chi connectivity index (χ4v) is 4.89. The number of hydrogen-bond acceptors (Lipinski definition) is 4. The Morgan fingerprint density at radius 3 is 2.30 bits per heavy atom. The van der Waals surface area contributed by atoms with Gasteiger partial charge in [-0.3, -0.25) is 14.5 Å². The van der Waals surface area contributed by atoms with Gasteiger partial charge in [0.2, 0.25) is 11.8 Å². The first-order valence-electron chi connectivity index (χ1n) is 10.7. The van der Waals surface area contributed by atoms with Gasteiger partial charge in [-0.05, 0) is 36.3 Å². The molecule has 1 aromatic carbocycles. The number of amides is 2. The van der Waals surface area contributed by atoms with Crippen LogP contribution in [0.1, 0.15) is 24.5 Å². The number of hydrogen-bond donors (Lipinski definition) is 2. The summed E-state index contributed by atoms with van der Waals surface area (Å²) < 4.78 is 5.14. The molecule has 2 aliphatic carbocycles. The number of fused-ring (bicyclic) bond motifs is 5. The van der Waals surface area contributed by atoms with Crippen molar-refractivity contribution in [1.82, 2.24) is 15.5 Å². The van der Waals surface area contributed by atoms with Crippen LogP contribution in [-0.4, -0.2) is 49.4 Å². The lowest BCUT2D eigenvalue weighted by Crippen LogP contribution is -2.43. The molecule has 30 heavy (non-hydrogen) atoms. The number of benzene rings is 1. The van der Waals surface area contributed by atoms with E-state index in [1.807, 2.05) is 31.2 Å². The molecule has 2 N–H and O–H groups in total. The van der Waals surface area contributed by atoms with E-state index >= 15 is 0 Å². The van der Waals surface area contributed by atoms with Gasteiger partial charge in [-0.25, -0.2) is 4.99 Å². The van der Waals surface area contributed by atoms with E-state index in [1.54, 1.807) is 7.11 Å². The normalized spacial score (nSPS) is 27.1. The van der Waals surface area contributed by atoms with Gasteiger partial charge in [0.1, 0.15) is 0 Å². The summed E-state index contributed by atoms with van der Waals surface area (Å²) in [7, 11) is 1.68. The molecule has 2 amide bonds. The second-order valence-corrected chi connectivity index (χ2v) is 8.20. The zero-order valence-corrected chi connectivity index (χ0v) is 17.6. The molecule has 7 heteroatoms. The number of methoxy groups -OCH3 is 1. The van der Waals surface area contributed by atoms with E-state index in [0.29, 0.717) is 32.2 Å². The second-order valence-electron chi connectivity index (χ2n) is 8.20. The number of allylic oxidation sites excluding steroid dienone is 2. The van der Waals surface area contributed by atoms with E-state index < -0.39 is 0 Å². The molecule has 1 aliphatic heterocycles. The Morgan fingerprint density at radius 2 is 1.70 bits per heavy atom. The maximum Gasteiger partial charge on any atom is 0.233 e. The number of ether oxygens (including phenoxy) is 1. The Morgan fingerprint density at radius 1 is 1.07 bits per heavy atom. The van der Waals surface area contributed by atoms with Crippen molar-refractivity contribution in [3.63, 3.8) is 0 Å². The van der Waals surface area contributed by atoms with Crippen LogP contribution in [0.3, 0.4) is 0 Å². The molecule has 0 spiro atoms. The third-order valence-corrected chi connectivity index (χ3v) is 6.29. The lowest BCUT2D eigenvalue weighted by atomic mass is 9.85. The molecule has 4 atom stereocenters. The number of carbonyl (C=O) groups is 2. The fraction of sp³-hybridized carbons (Fsp3) is 0.522. The number of likely N-dealkylation sites (tertiary alicyclic amines) is 1. The molecule has 2 fully saturated rings. The smallest absolute Gasteiger partial charge is 0.233 e. The molecular weight excluding hydrogens is 380 g/mol. The molecule has 4 rings (SSSR count). The molecule has 1 aromatic rings. The van der Waals surface area contributed by atoms with E-state index in [-0.39, 0.29) is 35.5 Å². The Bertz CT molecular complexity index is 819. The zero-order chi connectivity index (χ0) is 21.1. The molecule has 160 valence electrons. The molecular formula is C23H30N4O3. The van der Waals surface area contributed by atoms with Crippen LogP contribution in [0.25, 0.3) is 0 Å². The molecule has 1 saturated carbocycles. The summed E-state index contributed by atoms with van der Waals surface area (Å²) in [5, 5.41) is 6.47. The van der Waals surface area contributed by atoms with Gasteiger partial charge in [0.25, 0.3) is 0 Å². The number of nitrogens with one attached hydrogen (secondary N) is 2. The molecule has 3 aliphatic rings. The average Bonchev–Trinajstić information content (AvgIpc) is 3.43.